The average molecular weight is 314 g/mol. The molecule has 0 aliphatic carbocycles. The number of carboxylic acids is 1. The van der Waals surface area contributed by atoms with E-state index in [2.05, 4.69) is 21.2 Å². The molecule has 0 aliphatic rings. The molecule has 0 radical (unpaired) electrons. The molecule has 1 unspecified atom stereocenters. The van der Waals surface area contributed by atoms with Gasteiger partial charge in [0.1, 0.15) is 0 Å². The van der Waals surface area contributed by atoms with Crippen LogP contribution in [0.25, 0.3) is 0 Å². The third-order valence-electron chi connectivity index (χ3n) is 2.64. The molecule has 0 saturated carbocycles. The first-order valence-corrected chi connectivity index (χ1v) is 6.57. The van der Waals surface area contributed by atoms with Crippen LogP contribution in [0.2, 0.25) is 0 Å². The Morgan fingerprint density at radius 3 is 2.67 bits per heavy atom. The van der Waals surface area contributed by atoms with E-state index in [1.165, 1.54) is 0 Å². The second-order valence-corrected chi connectivity index (χ2v) is 4.97. The lowest BCUT2D eigenvalue weighted by molar-refractivity contribution is -0.141. The fraction of sp³-hybridized carbons (Fsp3) is 0.385. The van der Waals surface area contributed by atoms with Crippen LogP contribution in [0.5, 0.6) is 0 Å². The van der Waals surface area contributed by atoms with Gasteiger partial charge in [-0.05, 0) is 40.9 Å². The molecule has 0 aromatic heterocycles. The minimum Gasteiger partial charge on any atom is -0.481 e. The van der Waals surface area contributed by atoms with Gasteiger partial charge in [0.05, 0.1) is 11.5 Å². The van der Waals surface area contributed by atoms with Crippen LogP contribution in [0.15, 0.2) is 28.7 Å². The SMILES string of the molecule is CC(CCCNC(=O)c1ccccc1Br)C(=O)O. The molecule has 98 valence electrons. The van der Waals surface area contributed by atoms with Crippen molar-refractivity contribution in [1.82, 2.24) is 5.32 Å². The van der Waals surface area contributed by atoms with E-state index in [9.17, 15) is 9.59 Å². The number of rotatable bonds is 6. The number of amides is 1. The fourth-order valence-corrected chi connectivity index (χ4v) is 1.94. The Morgan fingerprint density at radius 2 is 2.06 bits per heavy atom. The predicted octanol–water partition coefficient (Wildman–Crippen LogP) is 2.68. The first-order chi connectivity index (χ1) is 8.52. The molecule has 18 heavy (non-hydrogen) atoms. The Kier molecular flexibility index (Phi) is 5.85. The van der Waals surface area contributed by atoms with Crippen molar-refractivity contribution in [2.45, 2.75) is 19.8 Å². The van der Waals surface area contributed by atoms with E-state index in [1.807, 2.05) is 6.07 Å². The summed E-state index contributed by atoms with van der Waals surface area (Å²) in [6.45, 7) is 2.15. The summed E-state index contributed by atoms with van der Waals surface area (Å²) in [6.07, 6.45) is 1.22. The van der Waals surface area contributed by atoms with E-state index in [0.717, 1.165) is 4.47 Å². The van der Waals surface area contributed by atoms with Gasteiger partial charge in [0.25, 0.3) is 5.91 Å². The normalized spacial score (nSPS) is 11.9. The number of halogens is 1. The Hall–Kier alpha value is -1.36. The van der Waals surface area contributed by atoms with Crippen molar-refractivity contribution in [1.29, 1.82) is 0 Å². The van der Waals surface area contributed by atoms with Crippen molar-refractivity contribution in [3.63, 3.8) is 0 Å². The van der Waals surface area contributed by atoms with Crippen LogP contribution < -0.4 is 5.32 Å². The molecule has 1 rings (SSSR count). The van der Waals surface area contributed by atoms with Crippen LogP contribution in [0.3, 0.4) is 0 Å². The maximum atomic E-state index is 11.8. The highest BCUT2D eigenvalue weighted by molar-refractivity contribution is 9.10. The predicted molar refractivity (Wildman–Crippen MR) is 72.5 cm³/mol. The molecule has 1 atom stereocenters. The summed E-state index contributed by atoms with van der Waals surface area (Å²) in [5, 5.41) is 11.5. The van der Waals surface area contributed by atoms with Gasteiger partial charge in [-0.1, -0.05) is 19.1 Å². The van der Waals surface area contributed by atoms with Crippen LogP contribution in [-0.4, -0.2) is 23.5 Å². The first-order valence-electron chi connectivity index (χ1n) is 5.78. The molecule has 1 aromatic rings. The molecular formula is C13H16BrNO3. The van der Waals surface area contributed by atoms with E-state index in [-0.39, 0.29) is 11.8 Å². The van der Waals surface area contributed by atoms with Gasteiger partial charge in [-0.15, -0.1) is 0 Å². The second kappa shape index (κ2) is 7.16. The third kappa shape index (κ3) is 4.49. The highest BCUT2D eigenvalue weighted by Crippen LogP contribution is 2.15. The summed E-state index contributed by atoms with van der Waals surface area (Å²) < 4.78 is 0.751. The van der Waals surface area contributed by atoms with Crippen molar-refractivity contribution in [2.24, 2.45) is 5.92 Å². The van der Waals surface area contributed by atoms with Gasteiger partial charge in [0.15, 0.2) is 0 Å². The Bertz CT molecular complexity index is 434. The highest BCUT2D eigenvalue weighted by atomic mass is 79.9. The van der Waals surface area contributed by atoms with Crippen LogP contribution in [-0.2, 0) is 4.79 Å². The summed E-state index contributed by atoms with van der Waals surface area (Å²) in [5.41, 5.74) is 0.587. The zero-order valence-electron chi connectivity index (χ0n) is 10.1. The molecule has 2 N–H and O–H groups in total. The number of hydrogen-bond acceptors (Lipinski definition) is 2. The van der Waals surface area contributed by atoms with Gasteiger partial charge in [0.2, 0.25) is 0 Å². The average Bonchev–Trinajstić information content (AvgIpc) is 2.34. The first kappa shape index (κ1) is 14.7. The largest absolute Gasteiger partial charge is 0.481 e. The van der Waals surface area contributed by atoms with Crippen molar-refractivity contribution < 1.29 is 14.7 Å². The van der Waals surface area contributed by atoms with Gasteiger partial charge in [-0.2, -0.15) is 0 Å². The summed E-state index contributed by atoms with van der Waals surface area (Å²) in [6, 6.07) is 7.18. The topological polar surface area (TPSA) is 66.4 Å². The third-order valence-corrected chi connectivity index (χ3v) is 3.33. The zero-order valence-corrected chi connectivity index (χ0v) is 11.7. The smallest absolute Gasteiger partial charge is 0.306 e. The molecule has 4 nitrogen and oxygen atoms in total. The van der Waals surface area contributed by atoms with Crippen molar-refractivity contribution in [3.05, 3.63) is 34.3 Å². The van der Waals surface area contributed by atoms with Crippen molar-refractivity contribution in [3.8, 4) is 0 Å². The molecule has 1 aromatic carbocycles. The van der Waals surface area contributed by atoms with Crippen molar-refractivity contribution >= 4 is 27.8 Å². The standard InChI is InChI=1S/C13H16BrNO3/c1-9(13(17)18)5-4-8-15-12(16)10-6-2-3-7-11(10)14/h2-3,6-7,9H,4-5,8H2,1H3,(H,15,16)(H,17,18). The molecule has 1 amide bonds. The molecular weight excluding hydrogens is 298 g/mol. The lowest BCUT2D eigenvalue weighted by Crippen LogP contribution is -2.25. The Balaban J connectivity index is 2.34. The lowest BCUT2D eigenvalue weighted by Gasteiger charge is -2.08. The molecule has 0 heterocycles. The lowest BCUT2D eigenvalue weighted by atomic mass is 10.1. The van der Waals surface area contributed by atoms with Gasteiger partial charge in [0, 0.05) is 11.0 Å². The zero-order chi connectivity index (χ0) is 13.5. The fourth-order valence-electron chi connectivity index (χ4n) is 1.47. The summed E-state index contributed by atoms with van der Waals surface area (Å²) in [5.74, 6) is -1.32. The highest BCUT2D eigenvalue weighted by Gasteiger charge is 2.11. The van der Waals surface area contributed by atoms with Gasteiger partial charge in [-0.3, -0.25) is 9.59 Å². The van der Waals surface area contributed by atoms with Crippen LogP contribution in [0.1, 0.15) is 30.1 Å². The summed E-state index contributed by atoms with van der Waals surface area (Å²) in [4.78, 5) is 22.4. The molecule has 0 aliphatic heterocycles. The van der Waals surface area contributed by atoms with Crippen molar-refractivity contribution in [2.75, 3.05) is 6.54 Å². The number of hydrogen-bond donors (Lipinski definition) is 2. The molecule has 5 heteroatoms. The van der Waals surface area contributed by atoms with Crippen LogP contribution in [0.4, 0.5) is 0 Å². The van der Waals surface area contributed by atoms with Gasteiger partial charge >= 0.3 is 5.97 Å². The van der Waals surface area contributed by atoms with E-state index in [1.54, 1.807) is 25.1 Å². The van der Waals surface area contributed by atoms with E-state index >= 15 is 0 Å². The number of aliphatic carboxylic acids is 1. The van der Waals surface area contributed by atoms with E-state index in [4.69, 9.17) is 5.11 Å². The van der Waals surface area contributed by atoms with E-state index in [0.29, 0.717) is 24.9 Å². The van der Waals surface area contributed by atoms with Gasteiger partial charge in [-0.25, -0.2) is 0 Å². The van der Waals surface area contributed by atoms with E-state index < -0.39 is 5.97 Å². The minimum absolute atomic E-state index is 0.148. The second-order valence-electron chi connectivity index (χ2n) is 4.12. The van der Waals surface area contributed by atoms with Gasteiger partial charge < -0.3 is 10.4 Å². The number of benzene rings is 1. The maximum absolute atomic E-state index is 11.8. The summed E-state index contributed by atoms with van der Waals surface area (Å²) >= 11 is 3.31. The van der Waals surface area contributed by atoms with Crippen LogP contribution in [0, 0.1) is 5.92 Å². The monoisotopic (exact) mass is 313 g/mol. The maximum Gasteiger partial charge on any atom is 0.306 e. The molecule has 0 saturated heterocycles. The Morgan fingerprint density at radius 1 is 1.39 bits per heavy atom. The minimum atomic E-state index is -0.799. The Labute approximate surface area is 115 Å². The quantitative estimate of drug-likeness (QED) is 0.793. The number of carbonyl (C=O) groups is 2. The molecule has 0 bridgehead atoms. The number of nitrogens with one attached hydrogen (secondary N) is 1. The summed E-state index contributed by atoms with van der Waals surface area (Å²) in [7, 11) is 0. The molecule has 0 spiro atoms. The number of carboxylic acid groups (broad SMARTS) is 1. The molecule has 0 fully saturated rings. The number of carbonyl (C=O) groups excluding carboxylic acids is 1. The van der Waals surface area contributed by atoms with Crippen LogP contribution >= 0.6 is 15.9 Å².